The molecule has 0 aromatic rings. The third kappa shape index (κ3) is 3.47. The molecule has 0 bridgehead atoms. The monoisotopic (exact) mass is 314 g/mol. The molecule has 4 atom stereocenters. The summed E-state index contributed by atoms with van der Waals surface area (Å²) in [5, 5.41) is 9.41. The van der Waals surface area contributed by atoms with E-state index >= 15 is 0 Å². The number of hydrogen-bond acceptors (Lipinski definition) is 3. The Kier molecular flexibility index (Phi) is 5.41. The fraction of sp³-hybridized carbons (Fsp3) is 0.867. The Balaban J connectivity index is 2.14. The van der Waals surface area contributed by atoms with Crippen LogP contribution in [0.1, 0.15) is 46.5 Å². The van der Waals surface area contributed by atoms with E-state index in [9.17, 15) is 14.7 Å². The first-order chi connectivity index (χ1) is 9.95. The molecule has 1 N–H and O–H groups in total. The van der Waals surface area contributed by atoms with Gasteiger partial charge in [-0.2, -0.15) is 0 Å². The first-order valence-corrected chi connectivity index (χ1v) is 8.93. The summed E-state index contributed by atoms with van der Waals surface area (Å²) in [5.41, 5.74) is 0. The van der Waals surface area contributed by atoms with Crippen molar-refractivity contribution in [2.45, 2.75) is 63.9 Å². The van der Waals surface area contributed by atoms with Crippen LogP contribution in [0.3, 0.4) is 0 Å². The van der Waals surface area contributed by atoms with Crippen molar-refractivity contribution in [3.63, 3.8) is 0 Å². The van der Waals surface area contributed by atoms with Gasteiger partial charge in [0.05, 0.1) is 5.37 Å². The molecule has 2 saturated heterocycles. The maximum Gasteiger partial charge on any atom is 0.327 e. The summed E-state index contributed by atoms with van der Waals surface area (Å²) >= 11 is 1.60. The molecule has 0 aliphatic carbocycles. The standard InChI is InChI=1S/C15H26N2O3S/c1-4-5-13-17(12(9-21-13)14(18)19)15(20)16-7-6-10(2)8-11(16)3/h10-13H,4-9H2,1-3H3,(H,18,19). The van der Waals surface area contributed by atoms with E-state index in [2.05, 4.69) is 20.8 Å². The van der Waals surface area contributed by atoms with Gasteiger partial charge in [-0.05, 0) is 32.1 Å². The third-order valence-corrected chi connectivity index (χ3v) is 5.87. The van der Waals surface area contributed by atoms with E-state index in [4.69, 9.17) is 0 Å². The molecule has 0 saturated carbocycles. The summed E-state index contributed by atoms with van der Waals surface area (Å²) in [6.07, 6.45) is 3.83. The van der Waals surface area contributed by atoms with Crippen LogP contribution in [0.5, 0.6) is 0 Å². The van der Waals surface area contributed by atoms with Gasteiger partial charge in [0.1, 0.15) is 6.04 Å². The van der Waals surface area contributed by atoms with Crippen molar-refractivity contribution in [1.82, 2.24) is 9.80 Å². The number of urea groups is 1. The summed E-state index contributed by atoms with van der Waals surface area (Å²) in [7, 11) is 0. The number of thioether (sulfide) groups is 1. The first kappa shape index (κ1) is 16.5. The molecule has 0 radical (unpaired) electrons. The van der Waals surface area contributed by atoms with Crippen molar-refractivity contribution < 1.29 is 14.7 Å². The molecular formula is C15H26N2O3S. The predicted molar refractivity (Wildman–Crippen MR) is 84.4 cm³/mol. The number of carboxylic acid groups (broad SMARTS) is 1. The highest BCUT2D eigenvalue weighted by Crippen LogP contribution is 2.34. The third-order valence-electron chi connectivity index (χ3n) is 4.52. The van der Waals surface area contributed by atoms with Crippen LogP contribution in [0, 0.1) is 5.92 Å². The number of aliphatic carboxylic acids is 1. The fourth-order valence-electron chi connectivity index (χ4n) is 3.32. The summed E-state index contributed by atoms with van der Waals surface area (Å²) in [6.45, 7) is 7.10. The number of carbonyl (C=O) groups is 2. The zero-order valence-electron chi connectivity index (χ0n) is 13.1. The smallest absolute Gasteiger partial charge is 0.327 e. The number of nitrogens with zero attached hydrogens (tertiary/aromatic N) is 2. The number of likely N-dealkylation sites (tertiary alicyclic amines) is 1. The lowest BCUT2D eigenvalue weighted by Gasteiger charge is -2.40. The second-order valence-corrected chi connectivity index (χ2v) is 7.50. The van der Waals surface area contributed by atoms with Gasteiger partial charge in [-0.3, -0.25) is 4.90 Å². The van der Waals surface area contributed by atoms with E-state index in [1.165, 1.54) is 0 Å². The van der Waals surface area contributed by atoms with Crippen molar-refractivity contribution in [3.8, 4) is 0 Å². The molecule has 0 aromatic carbocycles. The van der Waals surface area contributed by atoms with Gasteiger partial charge in [0.25, 0.3) is 0 Å². The largest absolute Gasteiger partial charge is 0.480 e. The minimum Gasteiger partial charge on any atom is -0.480 e. The molecule has 2 amide bonds. The normalized spacial score (nSPS) is 33.3. The summed E-state index contributed by atoms with van der Waals surface area (Å²) in [6, 6.07) is -0.556. The number of rotatable bonds is 3. The van der Waals surface area contributed by atoms with Crippen molar-refractivity contribution >= 4 is 23.8 Å². The van der Waals surface area contributed by atoms with Crippen molar-refractivity contribution in [2.75, 3.05) is 12.3 Å². The highest BCUT2D eigenvalue weighted by atomic mass is 32.2. The maximum atomic E-state index is 12.9. The van der Waals surface area contributed by atoms with E-state index in [1.807, 2.05) is 4.90 Å². The molecule has 2 rings (SSSR count). The Bertz CT molecular complexity index is 404. The molecule has 2 aliphatic heterocycles. The molecule has 2 heterocycles. The van der Waals surface area contributed by atoms with Crippen molar-refractivity contribution in [3.05, 3.63) is 0 Å². The van der Waals surface area contributed by atoms with Gasteiger partial charge in [0.15, 0.2) is 0 Å². The molecule has 6 heteroatoms. The lowest BCUT2D eigenvalue weighted by Crippen LogP contribution is -2.55. The van der Waals surface area contributed by atoms with E-state index in [-0.39, 0.29) is 17.4 Å². The number of hydrogen-bond donors (Lipinski definition) is 1. The van der Waals surface area contributed by atoms with E-state index in [0.717, 1.165) is 32.2 Å². The average Bonchev–Trinajstić information content (AvgIpc) is 2.82. The number of piperidine rings is 1. The van der Waals surface area contributed by atoms with Gasteiger partial charge in [0.2, 0.25) is 0 Å². The molecular weight excluding hydrogens is 288 g/mol. The van der Waals surface area contributed by atoms with Crippen LogP contribution in [0.4, 0.5) is 4.79 Å². The Morgan fingerprint density at radius 2 is 2.05 bits per heavy atom. The quantitative estimate of drug-likeness (QED) is 0.870. The molecule has 5 nitrogen and oxygen atoms in total. The number of carbonyl (C=O) groups excluding carboxylic acids is 1. The Morgan fingerprint density at radius 1 is 1.33 bits per heavy atom. The van der Waals surface area contributed by atoms with Crippen LogP contribution in [0.25, 0.3) is 0 Å². The van der Waals surface area contributed by atoms with Gasteiger partial charge in [-0.1, -0.05) is 20.3 Å². The number of carboxylic acids is 1. The lowest BCUT2D eigenvalue weighted by molar-refractivity contribution is -0.141. The minimum absolute atomic E-state index is 0.00940. The molecule has 2 aliphatic rings. The first-order valence-electron chi connectivity index (χ1n) is 7.89. The SMILES string of the molecule is CCCC1SCC(C(=O)O)N1C(=O)N1CCC(C)CC1C. The summed E-state index contributed by atoms with van der Waals surface area (Å²) in [4.78, 5) is 27.9. The van der Waals surface area contributed by atoms with Crippen LogP contribution in [-0.2, 0) is 4.79 Å². The van der Waals surface area contributed by atoms with E-state index in [0.29, 0.717) is 11.7 Å². The van der Waals surface area contributed by atoms with Crippen LogP contribution >= 0.6 is 11.8 Å². The summed E-state index contributed by atoms with van der Waals surface area (Å²) in [5.74, 6) is 0.260. The summed E-state index contributed by atoms with van der Waals surface area (Å²) < 4.78 is 0. The highest BCUT2D eigenvalue weighted by molar-refractivity contribution is 8.00. The van der Waals surface area contributed by atoms with Gasteiger partial charge in [0, 0.05) is 18.3 Å². The molecule has 21 heavy (non-hydrogen) atoms. The van der Waals surface area contributed by atoms with Crippen molar-refractivity contribution in [2.24, 2.45) is 5.92 Å². The fourth-order valence-corrected chi connectivity index (χ4v) is 4.83. The van der Waals surface area contributed by atoms with Crippen LogP contribution in [0.15, 0.2) is 0 Å². The second-order valence-electron chi connectivity index (χ2n) is 6.29. The zero-order chi connectivity index (χ0) is 15.6. The highest BCUT2D eigenvalue weighted by Gasteiger charge is 2.44. The van der Waals surface area contributed by atoms with Gasteiger partial charge >= 0.3 is 12.0 Å². The Morgan fingerprint density at radius 3 is 2.62 bits per heavy atom. The topological polar surface area (TPSA) is 60.9 Å². The minimum atomic E-state index is -0.882. The number of amides is 2. The Hall–Kier alpha value is -0.910. The maximum absolute atomic E-state index is 12.9. The zero-order valence-corrected chi connectivity index (χ0v) is 13.9. The van der Waals surface area contributed by atoms with Gasteiger partial charge in [-0.15, -0.1) is 11.8 Å². The lowest BCUT2D eigenvalue weighted by atomic mass is 9.93. The molecule has 0 spiro atoms. The molecule has 4 unspecified atom stereocenters. The van der Waals surface area contributed by atoms with E-state index < -0.39 is 12.0 Å². The van der Waals surface area contributed by atoms with Crippen LogP contribution in [-0.4, -0.2) is 56.7 Å². The van der Waals surface area contributed by atoms with Crippen molar-refractivity contribution in [1.29, 1.82) is 0 Å². The van der Waals surface area contributed by atoms with E-state index in [1.54, 1.807) is 16.7 Å². The van der Waals surface area contributed by atoms with Gasteiger partial charge in [-0.25, -0.2) is 9.59 Å². The predicted octanol–water partition coefficient (Wildman–Crippen LogP) is 2.86. The van der Waals surface area contributed by atoms with Crippen LogP contribution < -0.4 is 0 Å². The second kappa shape index (κ2) is 6.90. The molecule has 0 aromatic heterocycles. The van der Waals surface area contributed by atoms with Gasteiger partial charge < -0.3 is 10.0 Å². The Labute approximate surface area is 131 Å². The molecule has 2 fully saturated rings. The van der Waals surface area contributed by atoms with Crippen LogP contribution in [0.2, 0.25) is 0 Å². The average molecular weight is 314 g/mol. The molecule has 120 valence electrons.